The fraction of sp³-hybridized carbons (Fsp3) is 0.647. The zero-order valence-corrected chi connectivity index (χ0v) is 12.9. The van der Waals surface area contributed by atoms with Gasteiger partial charge in [-0.1, -0.05) is 12.2 Å². The molecule has 114 valence electrons. The molecule has 21 heavy (non-hydrogen) atoms. The molecule has 1 aromatic heterocycles. The van der Waals surface area contributed by atoms with Crippen molar-refractivity contribution >= 4 is 5.91 Å². The molecule has 3 rings (SSSR count). The number of piperidine rings is 1. The van der Waals surface area contributed by atoms with Crippen LogP contribution in [0.2, 0.25) is 0 Å². The van der Waals surface area contributed by atoms with Crippen LogP contribution in [-0.4, -0.2) is 33.2 Å². The van der Waals surface area contributed by atoms with Gasteiger partial charge in [-0.15, -0.1) is 0 Å². The van der Waals surface area contributed by atoms with Crippen molar-refractivity contribution in [1.29, 1.82) is 0 Å². The van der Waals surface area contributed by atoms with E-state index in [0.29, 0.717) is 24.3 Å². The van der Waals surface area contributed by atoms with Gasteiger partial charge in [0, 0.05) is 19.2 Å². The van der Waals surface area contributed by atoms with Crippen LogP contribution in [0.5, 0.6) is 0 Å². The maximum atomic E-state index is 12.6. The minimum atomic E-state index is 0.316. The van der Waals surface area contributed by atoms with Crippen molar-refractivity contribution in [3.63, 3.8) is 0 Å². The molecular weight excluding hydrogens is 262 g/mol. The molecule has 0 aromatic carbocycles. The number of rotatable bonds is 4. The number of nitrogens with zero attached hydrogens (tertiary/aromatic N) is 3. The van der Waals surface area contributed by atoms with Crippen molar-refractivity contribution in [2.75, 3.05) is 6.54 Å². The Morgan fingerprint density at radius 3 is 3.00 bits per heavy atom. The first-order valence-corrected chi connectivity index (χ1v) is 8.17. The summed E-state index contributed by atoms with van der Waals surface area (Å²) in [7, 11) is 0. The molecule has 2 atom stereocenters. The molecule has 0 spiro atoms. The summed E-state index contributed by atoms with van der Waals surface area (Å²) >= 11 is 0. The van der Waals surface area contributed by atoms with E-state index < -0.39 is 0 Å². The fourth-order valence-electron chi connectivity index (χ4n) is 3.51. The highest BCUT2D eigenvalue weighted by molar-refractivity contribution is 5.77. The third kappa shape index (κ3) is 3.55. The van der Waals surface area contributed by atoms with Crippen LogP contribution in [0.3, 0.4) is 0 Å². The number of allylic oxidation sites excluding steroid dienone is 2. The van der Waals surface area contributed by atoms with Crippen molar-refractivity contribution < 1.29 is 4.79 Å². The third-order valence-corrected chi connectivity index (χ3v) is 4.66. The van der Waals surface area contributed by atoms with Gasteiger partial charge in [-0.05, 0) is 50.5 Å². The number of amides is 1. The van der Waals surface area contributed by atoms with Crippen LogP contribution >= 0.6 is 0 Å². The van der Waals surface area contributed by atoms with Gasteiger partial charge < -0.3 is 4.90 Å². The Bertz CT molecular complexity index is 520. The van der Waals surface area contributed by atoms with E-state index in [0.717, 1.165) is 38.8 Å². The highest BCUT2D eigenvalue weighted by Crippen LogP contribution is 2.25. The highest BCUT2D eigenvalue weighted by Gasteiger charge is 2.28. The second-order valence-electron chi connectivity index (χ2n) is 6.45. The van der Waals surface area contributed by atoms with E-state index >= 15 is 0 Å². The molecule has 1 saturated heterocycles. The molecule has 0 saturated carbocycles. The molecule has 0 unspecified atom stereocenters. The second-order valence-corrected chi connectivity index (χ2v) is 6.45. The third-order valence-electron chi connectivity index (χ3n) is 4.66. The molecule has 1 aliphatic heterocycles. The molecular formula is C17H25N3O. The van der Waals surface area contributed by atoms with Gasteiger partial charge in [0.2, 0.25) is 5.91 Å². The van der Waals surface area contributed by atoms with Crippen molar-refractivity contribution in [2.24, 2.45) is 5.92 Å². The summed E-state index contributed by atoms with van der Waals surface area (Å²) in [6.07, 6.45) is 14.8. The quantitative estimate of drug-likeness (QED) is 0.799. The normalized spacial score (nSPS) is 25.5. The lowest BCUT2D eigenvalue weighted by Gasteiger charge is -2.36. The van der Waals surface area contributed by atoms with Crippen LogP contribution in [-0.2, 0) is 11.3 Å². The summed E-state index contributed by atoms with van der Waals surface area (Å²) in [4.78, 5) is 14.7. The first kappa shape index (κ1) is 14.4. The van der Waals surface area contributed by atoms with E-state index in [4.69, 9.17) is 0 Å². The minimum Gasteiger partial charge on any atom is -0.338 e. The average molecular weight is 287 g/mol. The average Bonchev–Trinajstić information content (AvgIpc) is 3.11. The van der Waals surface area contributed by atoms with Gasteiger partial charge in [0.25, 0.3) is 0 Å². The largest absolute Gasteiger partial charge is 0.338 e. The zero-order valence-electron chi connectivity index (χ0n) is 12.9. The molecule has 0 N–H and O–H groups in total. The summed E-state index contributed by atoms with van der Waals surface area (Å²) < 4.78 is 1.99. The lowest BCUT2D eigenvalue weighted by atomic mass is 9.98. The summed E-state index contributed by atoms with van der Waals surface area (Å²) in [5.41, 5.74) is 1.18. The zero-order chi connectivity index (χ0) is 14.7. The van der Waals surface area contributed by atoms with Crippen LogP contribution < -0.4 is 0 Å². The molecule has 1 amide bonds. The first-order chi connectivity index (χ1) is 10.2. The predicted molar refractivity (Wildman–Crippen MR) is 82.8 cm³/mol. The van der Waals surface area contributed by atoms with Crippen LogP contribution in [0.1, 0.15) is 44.1 Å². The Kier molecular flexibility index (Phi) is 4.42. The highest BCUT2D eigenvalue weighted by atomic mass is 16.2. The van der Waals surface area contributed by atoms with E-state index in [-0.39, 0.29) is 0 Å². The Morgan fingerprint density at radius 2 is 2.29 bits per heavy atom. The fourth-order valence-corrected chi connectivity index (χ4v) is 3.51. The van der Waals surface area contributed by atoms with Crippen LogP contribution in [0, 0.1) is 12.8 Å². The van der Waals surface area contributed by atoms with E-state index in [1.807, 2.05) is 10.9 Å². The van der Waals surface area contributed by atoms with Gasteiger partial charge in [0.1, 0.15) is 0 Å². The molecule has 4 heteroatoms. The van der Waals surface area contributed by atoms with Gasteiger partial charge >= 0.3 is 0 Å². The van der Waals surface area contributed by atoms with Gasteiger partial charge in [0.05, 0.1) is 18.8 Å². The van der Waals surface area contributed by atoms with Crippen molar-refractivity contribution in [1.82, 2.24) is 14.7 Å². The molecule has 4 nitrogen and oxygen atoms in total. The van der Waals surface area contributed by atoms with Gasteiger partial charge in [-0.2, -0.15) is 5.10 Å². The van der Waals surface area contributed by atoms with Crippen LogP contribution in [0.15, 0.2) is 24.5 Å². The predicted octanol–water partition coefficient (Wildman–Crippen LogP) is 2.93. The number of carbonyl (C=O) groups excluding carboxylic acids is 1. The maximum Gasteiger partial charge on any atom is 0.223 e. The van der Waals surface area contributed by atoms with Gasteiger partial charge in [-0.3, -0.25) is 9.48 Å². The maximum absolute atomic E-state index is 12.6. The molecule has 0 bridgehead atoms. The smallest absolute Gasteiger partial charge is 0.223 e. The Labute approximate surface area is 126 Å². The van der Waals surface area contributed by atoms with Crippen molar-refractivity contribution in [2.45, 2.75) is 58.0 Å². The topological polar surface area (TPSA) is 38.1 Å². The monoisotopic (exact) mass is 287 g/mol. The van der Waals surface area contributed by atoms with Crippen LogP contribution in [0.25, 0.3) is 0 Å². The lowest BCUT2D eigenvalue weighted by Crippen LogP contribution is -2.46. The molecule has 2 aliphatic rings. The standard InChI is InChI=1S/C17H25N3O/c1-14-11-18-19(12-14)13-16-8-4-5-9-20(16)17(21)10-15-6-2-3-7-15/h2,6,11-12,15-16H,3-5,7-10,13H2,1H3/t15-,16-/m0/s1. The summed E-state index contributed by atoms with van der Waals surface area (Å²) in [6.45, 7) is 3.81. The number of aromatic nitrogens is 2. The Morgan fingerprint density at radius 1 is 1.38 bits per heavy atom. The van der Waals surface area contributed by atoms with Gasteiger partial charge in [0.15, 0.2) is 0 Å². The number of hydrogen-bond acceptors (Lipinski definition) is 2. The van der Waals surface area contributed by atoms with E-state index in [9.17, 15) is 4.79 Å². The Balaban J connectivity index is 1.62. The summed E-state index contributed by atoms with van der Waals surface area (Å²) in [5.74, 6) is 0.798. The van der Waals surface area contributed by atoms with E-state index in [1.165, 1.54) is 12.0 Å². The Hall–Kier alpha value is -1.58. The molecule has 1 aromatic rings. The molecule has 2 heterocycles. The number of carbonyl (C=O) groups is 1. The molecule has 1 fully saturated rings. The van der Waals surface area contributed by atoms with Crippen molar-refractivity contribution in [3.05, 3.63) is 30.1 Å². The SMILES string of the molecule is Cc1cnn(C[C@@H]2CCCCN2C(=O)C[C@H]2C=CCC2)c1. The van der Waals surface area contributed by atoms with E-state index in [1.54, 1.807) is 0 Å². The lowest BCUT2D eigenvalue weighted by molar-refractivity contribution is -0.136. The van der Waals surface area contributed by atoms with Crippen molar-refractivity contribution in [3.8, 4) is 0 Å². The van der Waals surface area contributed by atoms with Gasteiger partial charge in [-0.25, -0.2) is 0 Å². The summed E-state index contributed by atoms with van der Waals surface area (Å²) in [5, 5.41) is 4.37. The number of aryl methyl sites for hydroxylation is 1. The van der Waals surface area contributed by atoms with E-state index in [2.05, 4.69) is 35.3 Å². The van der Waals surface area contributed by atoms with Crippen LogP contribution in [0.4, 0.5) is 0 Å². The molecule has 1 aliphatic carbocycles. The second kappa shape index (κ2) is 6.46. The summed E-state index contributed by atoms with van der Waals surface area (Å²) in [6, 6.07) is 0.316. The number of likely N-dealkylation sites (tertiary alicyclic amines) is 1. The molecule has 0 radical (unpaired) electrons. The number of hydrogen-bond donors (Lipinski definition) is 0. The first-order valence-electron chi connectivity index (χ1n) is 8.17. The minimum absolute atomic E-state index is 0.316.